The van der Waals surface area contributed by atoms with Crippen molar-refractivity contribution >= 4 is 224 Å². The zero-order valence-corrected chi connectivity index (χ0v) is 51.3. The molecule has 12 aromatic rings. The van der Waals surface area contributed by atoms with E-state index >= 15 is 0 Å². The fraction of sp³-hybridized carbons (Fsp3) is 0. The molecule has 21 rings (SSSR count). The fourth-order valence-corrected chi connectivity index (χ4v) is 28.4. The zero-order chi connectivity index (χ0) is 52.1. The standard InChI is InChI=1S/C70H36B2N4Se5/c1-5-15-37(16-6-1)41-35-46-58-55(36-41)79-51-25-13-23-49-62(51)75(58)64-53(77-49)33-32-48-57(64)72(46)44-30-29-43-59-60(44)74(48)67-66(68(39-19-9-3-10-20-39)81-69(67)40-21-11-4-12-22-40)73(59)47-31-34-54-65-56(47)71(43)45-28-27-42(38-17-7-2-8-18-38)70-61(45)76(65)63-50(78-54)24-14-26-52(63)80-70/h1-36H. The Morgan fingerprint density at radius 1 is 0.259 bits per heavy atom. The quantitative estimate of drug-likeness (QED) is 0.208. The second-order valence-corrected chi connectivity index (χ2v) is 33.3. The Labute approximate surface area is 500 Å². The molecule has 81 heavy (non-hydrogen) atoms. The van der Waals surface area contributed by atoms with Crippen molar-refractivity contribution in [2.45, 2.75) is 0 Å². The molecule has 0 amide bonds. The molecule has 4 nitrogen and oxygen atoms in total. The topological polar surface area (TPSA) is 13.0 Å². The Morgan fingerprint density at radius 2 is 0.704 bits per heavy atom. The number of rotatable bonds is 4. The van der Waals surface area contributed by atoms with Crippen LogP contribution < -0.4 is 88.1 Å². The van der Waals surface area contributed by atoms with Gasteiger partial charge in [0.25, 0.3) is 0 Å². The van der Waals surface area contributed by atoms with Crippen LogP contribution in [0.5, 0.6) is 0 Å². The van der Waals surface area contributed by atoms with E-state index in [4.69, 9.17) is 0 Å². The summed E-state index contributed by atoms with van der Waals surface area (Å²) >= 11 is 0.534. The number of hydrogen-bond donors (Lipinski definition) is 0. The van der Waals surface area contributed by atoms with Gasteiger partial charge in [-0.25, -0.2) is 0 Å². The van der Waals surface area contributed by atoms with Gasteiger partial charge in [-0.05, 0) is 0 Å². The van der Waals surface area contributed by atoms with Gasteiger partial charge in [-0.15, -0.1) is 0 Å². The van der Waals surface area contributed by atoms with Gasteiger partial charge in [0.15, 0.2) is 0 Å². The van der Waals surface area contributed by atoms with Crippen molar-refractivity contribution < 1.29 is 0 Å². The Kier molecular flexibility index (Phi) is 8.72. The average molecular weight is 1350 g/mol. The van der Waals surface area contributed by atoms with Crippen molar-refractivity contribution in [1.82, 2.24) is 0 Å². The molecule has 0 spiro atoms. The van der Waals surface area contributed by atoms with Crippen LogP contribution in [0.1, 0.15) is 0 Å². The summed E-state index contributed by atoms with van der Waals surface area (Å²) in [6.45, 7) is 0.0620. The van der Waals surface area contributed by atoms with Gasteiger partial charge in [0.1, 0.15) is 0 Å². The Morgan fingerprint density at radius 3 is 1.26 bits per heavy atom. The monoisotopic (exact) mass is 1350 g/mol. The van der Waals surface area contributed by atoms with Gasteiger partial charge in [-0.1, -0.05) is 0 Å². The molecule has 0 N–H and O–H groups in total. The first-order valence-electron chi connectivity index (χ1n) is 27.6. The first kappa shape index (κ1) is 44.5. The minimum atomic E-state index is -0.0421. The molecule has 11 aromatic carbocycles. The van der Waals surface area contributed by atoms with E-state index in [1.807, 2.05) is 0 Å². The number of nitrogens with zero attached hydrogens (tertiary/aromatic N) is 4. The Hall–Kier alpha value is -7.17. The van der Waals surface area contributed by atoms with Crippen LogP contribution in [0.25, 0.3) is 42.3 Å². The molecule has 0 aliphatic carbocycles. The van der Waals surface area contributed by atoms with Crippen LogP contribution in [-0.2, 0) is 0 Å². The van der Waals surface area contributed by atoms with Crippen molar-refractivity contribution in [3.63, 3.8) is 0 Å². The molecule has 0 unspecified atom stereocenters. The van der Waals surface area contributed by atoms with Crippen molar-refractivity contribution in [2.24, 2.45) is 0 Å². The van der Waals surface area contributed by atoms with Crippen LogP contribution in [0.4, 0.5) is 68.2 Å². The van der Waals surface area contributed by atoms with Crippen molar-refractivity contribution in [3.05, 3.63) is 218 Å². The predicted octanol–water partition coefficient (Wildman–Crippen LogP) is 5.76. The molecular weight excluding hydrogens is 1310 g/mol. The van der Waals surface area contributed by atoms with E-state index in [0.717, 1.165) is 0 Å². The van der Waals surface area contributed by atoms with Crippen molar-refractivity contribution in [3.8, 4) is 42.3 Å². The van der Waals surface area contributed by atoms with Gasteiger partial charge in [-0.3, -0.25) is 0 Å². The van der Waals surface area contributed by atoms with E-state index in [9.17, 15) is 0 Å². The summed E-state index contributed by atoms with van der Waals surface area (Å²) in [5.41, 5.74) is 33.3. The van der Waals surface area contributed by atoms with Gasteiger partial charge >= 0.3 is 505 Å². The molecule has 0 fully saturated rings. The van der Waals surface area contributed by atoms with Gasteiger partial charge in [0, 0.05) is 0 Å². The predicted molar refractivity (Wildman–Crippen MR) is 347 cm³/mol. The van der Waals surface area contributed by atoms with Gasteiger partial charge in [0.2, 0.25) is 0 Å². The Bertz CT molecular complexity index is 4940. The first-order valence-corrected chi connectivity index (χ1v) is 36.2. The third kappa shape index (κ3) is 5.54. The summed E-state index contributed by atoms with van der Waals surface area (Å²) in [5.74, 6) is 0. The third-order valence-electron chi connectivity index (χ3n) is 18.3. The van der Waals surface area contributed by atoms with E-state index in [2.05, 4.69) is 238 Å². The summed E-state index contributed by atoms with van der Waals surface area (Å²) < 4.78 is 14.9. The first-order chi connectivity index (χ1) is 40.2. The number of para-hydroxylation sites is 2. The van der Waals surface area contributed by atoms with Gasteiger partial charge < -0.3 is 0 Å². The molecule has 0 radical (unpaired) electrons. The van der Waals surface area contributed by atoms with Crippen LogP contribution >= 0.6 is 0 Å². The van der Waals surface area contributed by atoms with E-state index in [-0.39, 0.29) is 87.8 Å². The third-order valence-corrected chi connectivity index (χ3v) is 30.2. The van der Waals surface area contributed by atoms with Crippen LogP contribution in [-0.4, -0.2) is 87.8 Å². The molecule has 11 heteroatoms. The van der Waals surface area contributed by atoms with E-state index in [1.165, 1.54) is 179 Å². The summed E-state index contributed by atoms with van der Waals surface area (Å²) in [7, 11) is 0. The second-order valence-electron chi connectivity index (χ2n) is 22.2. The van der Waals surface area contributed by atoms with E-state index < -0.39 is 0 Å². The summed E-state index contributed by atoms with van der Waals surface area (Å²) in [5, 5.41) is 0. The normalized spacial score (nSPS) is 15.1. The molecular formula is C70H36B2N4Se5. The summed E-state index contributed by atoms with van der Waals surface area (Å²) in [6, 6.07) is 85.5. The molecule has 0 bridgehead atoms. The Balaban J connectivity index is 0.918. The van der Waals surface area contributed by atoms with Gasteiger partial charge in [0.05, 0.1) is 0 Å². The molecule has 0 saturated heterocycles. The molecule has 1 aromatic heterocycles. The molecule has 0 saturated carbocycles. The number of benzene rings is 11. The van der Waals surface area contributed by atoms with Crippen molar-refractivity contribution in [1.29, 1.82) is 0 Å². The minimum absolute atomic E-state index is 0.0252. The summed E-state index contributed by atoms with van der Waals surface area (Å²) in [6.07, 6.45) is 0. The summed E-state index contributed by atoms with van der Waals surface area (Å²) in [4.78, 5) is 11.3. The van der Waals surface area contributed by atoms with Crippen LogP contribution in [0, 0.1) is 0 Å². The van der Waals surface area contributed by atoms with E-state index in [1.54, 1.807) is 0 Å². The zero-order valence-electron chi connectivity index (χ0n) is 42.8. The maximum absolute atomic E-state index is 2.85. The molecule has 372 valence electrons. The maximum atomic E-state index is 2.85. The molecule has 10 heterocycles. The average Bonchev–Trinajstić information content (AvgIpc) is 3.56. The van der Waals surface area contributed by atoms with Gasteiger partial charge in [-0.2, -0.15) is 0 Å². The molecule has 0 atom stereocenters. The van der Waals surface area contributed by atoms with Crippen LogP contribution in [0.15, 0.2) is 218 Å². The SMILES string of the molecule is c1ccc(-c2cc3c4c(c2)B2c5ccc6c7c5N(c5ccc8c(c52)N4c2c(cccc2[Se]8)[Se]3)c2c(-c3ccccc3)[se]c(-c3ccccc3)c2N7c2ccc3c4c2B6c2ccc(-c5ccccc5)c5c2N4c2c(cccc2[Se]5)[Se]3)cc1. The number of fused-ring (bicyclic) bond motifs is 9. The molecule has 9 aliphatic rings. The van der Waals surface area contributed by atoms with Crippen LogP contribution in [0.3, 0.4) is 0 Å². The van der Waals surface area contributed by atoms with E-state index in [0.29, 0.717) is 0 Å². The number of anilines is 12. The number of hydrogen-bond acceptors (Lipinski definition) is 4. The fourth-order valence-electron chi connectivity index (χ4n) is 15.2. The molecule has 9 aliphatic heterocycles. The second kappa shape index (κ2) is 15.9. The van der Waals surface area contributed by atoms with Crippen molar-refractivity contribution in [2.75, 3.05) is 19.6 Å². The van der Waals surface area contributed by atoms with Crippen LogP contribution in [0.2, 0.25) is 0 Å².